The van der Waals surface area contributed by atoms with Gasteiger partial charge in [-0.25, -0.2) is 6.08 Å². The Bertz CT molecular complexity index is 72.0. The van der Waals surface area contributed by atoms with Crippen LogP contribution in [-0.4, -0.2) is 6.29 Å². The second kappa shape index (κ2) is 2.64. The molecule has 0 saturated heterocycles. The quantitative estimate of drug-likeness (QED) is 0.342. The van der Waals surface area contributed by atoms with Crippen LogP contribution in [-0.2, 0) is 4.79 Å². The van der Waals surface area contributed by atoms with E-state index in [4.69, 9.17) is 0 Å². The molecule has 0 saturated carbocycles. The Balaban J connectivity index is 3.50. The van der Waals surface area contributed by atoms with Crippen molar-refractivity contribution in [2.24, 2.45) is 0 Å². The Morgan fingerprint density at radius 2 is 2.33 bits per heavy atom. The average Bonchev–Trinajstić information content (AvgIpc) is 1.65. The molecule has 0 aromatic rings. The largest absolute Gasteiger partial charge is 0.419 e. The van der Waals surface area contributed by atoms with E-state index in [0.717, 1.165) is 0 Å². The summed E-state index contributed by atoms with van der Waals surface area (Å²) in [5.41, 5.74) is 0.662. The van der Waals surface area contributed by atoms with Crippen molar-refractivity contribution in [3.05, 3.63) is 11.6 Å². The highest BCUT2D eigenvalue weighted by molar-refractivity contribution is 5.72. The molecular weight excluding hydrogens is 76.1 g/mol. The van der Waals surface area contributed by atoms with Gasteiger partial charge in [0.05, 0.1) is 0 Å². The van der Waals surface area contributed by atoms with Crippen molar-refractivity contribution in [1.29, 1.82) is 0 Å². The van der Waals surface area contributed by atoms with E-state index in [9.17, 15) is 4.79 Å². The third kappa shape index (κ3) is 1.70. The summed E-state index contributed by atoms with van der Waals surface area (Å²) in [5, 5.41) is 0. The molecule has 0 aromatic heterocycles. The first kappa shape index (κ1) is 5.41. The first-order valence-electron chi connectivity index (χ1n) is 1.82. The summed E-state index contributed by atoms with van der Waals surface area (Å²) in [6.45, 7) is 3.52. The SMILES string of the molecule is C/C=C(\C)[C-]=O. The monoisotopic (exact) mass is 83.1 g/mol. The van der Waals surface area contributed by atoms with Gasteiger partial charge in [-0.3, -0.25) is 0 Å². The number of hydrogen-bond acceptors (Lipinski definition) is 1. The molecule has 0 atom stereocenters. The minimum absolute atomic E-state index is 0.662. The highest BCUT2D eigenvalue weighted by Crippen LogP contribution is 1.80. The predicted molar refractivity (Wildman–Crippen MR) is 25.1 cm³/mol. The molecule has 0 unspecified atom stereocenters. The lowest BCUT2D eigenvalue weighted by atomic mass is 10.3. The van der Waals surface area contributed by atoms with Crippen LogP contribution in [0.15, 0.2) is 11.6 Å². The number of rotatable bonds is 1. The molecule has 0 aliphatic heterocycles. The second-order valence-corrected chi connectivity index (χ2v) is 1.07. The van der Waals surface area contributed by atoms with E-state index in [0.29, 0.717) is 5.57 Å². The fourth-order valence-corrected chi connectivity index (χ4v) is 0.0589. The van der Waals surface area contributed by atoms with Crippen molar-refractivity contribution in [2.45, 2.75) is 13.8 Å². The molecule has 34 valence electrons. The fraction of sp³-hybridized carbons (Fsp3) is 0.400. The summed E-state index contributed by atoms with van der Waals surface area (Å²) in [4.78, 5) is 9.54. The normalized spacial score (nSPS) is 11.3. The van der Waals surface area contributed by atoms with Crippen LogP contribution in [0.5, 0.6) is 0 Å². The van der Waals surface area contributed by atoms with Gasteiger partial charge in [-0.05, 0) is 6.29 Å². The van der Waals surface area contributed by atoms with Crippen LogP contribution < -0.4 is 0 Å². The maximum absolute atomic E-state index is 9.54. The molecule has 0 N–H and O–H groups in total. The van der Waals surface area contributed by atoms with E-state index in [1.54, 1.807) is 26.2 Å². The van der Waals surface area contributed by atoms with Gasteiger partial charge < -0.3 is 4.79 Å². The molecule has 0 fully saturated rings. The molecule has 0 spiro atoms. The first-order chi connectivity index (χ1) is 2.81. The molecule has 1 heteroatoms. The van der Waals surface area contributed by atoms with E-state index in [-0.39, 0.29) is 0 Å². The fourth-order valence-electron chi connectivity index (χ4n) is 0.0589. The minimum Gasteiger partial charge on any atom is -0.419 e. The van der Waals surface area contributed by atoms with E-state index in [2.05, 4.69) is 0 Å². The molecule has 0 aliphatic rings. The van der Waals surface area contributed by atoms with Crippen LogP contribution in [0.1, 0.15) is 13.8 Å². The maximum atomic E-state index is 9.54. The van der Waals surface area contributed by atoms with Crippen molar-refractivity contribution in [3.8, 4) is 0 Å². The zero-order valence-electron chi connectivity index (χ0n) is 3.99. The van der Waals surface area contributed by atoms with Gasteiger partial charge >= 0.3 is 0 Å². The number of allylic oxidation sites excluding steroid dienone is 2. The van der Waals surface area contributed by atoms with Gasteiger partial charge in [0.2, 0.25) is 0 Å². The third-order valence-corrected chi connectivity index (χ3v) is 0.594. The second-order valence-electron chi connectivity index (χ2n) is 1.07. The minimum atomic E-state index is 0.662. The lowest BCUT2D eigenvalue weighted by Gasteiger charge is -1.87. The van der Waals surface area contributed by atoms with E-state index >= 15 is 0 Å². The summed E-state index contributed by atoms with van der Waals surface area (Å²) in [6, 6.07) is 0. The Kier molecular flexibility index (Phi) is 2.38. The summed E-state index contributed by atoms with van der Waals surface area (Å²) in [6.07, 6.45) is 3.44. The molecule has 0 radical (unpaired) electrons. The zero-order chi connectivity index (χ0) is 4.99. The first-order valence-corrected chi connectivity index (χ1v) is 1.82. The Morgan fingerprint density at radius 3 is 2.33 bits per heavy atom. The molecule has 0 rings (SSSR count). The van der Waals surface area contributed by atoms with Gasteiger partial charge in [0.15, 0.2) is 0 Å². The maximum Gasteiger partial charge on any atom is -0.0114 e. The molecule has 0 bridgehead atoms. The topological polar surface area (TPSA) is 17.1 Å². The lowest BCUT2D eigenvalue weighted by Crippen LogP contribution is -1.69. The molecule has 6 heavy (non-hydrogen) atoms. The summed E-state index contributed by atoms with van der Waals surface area (Å²) in [5.74, 6) is 0. The Hall–Kier alpha value is -0.590. The third-order valence-electron chi connectivity index (χ3n) is 0.594. The van der Waals surface area contributed by atoms with Gasteiger partial charge in [0.25, 0.3) is 0 Å². The van der Waals surface area contributed by atoms with E-state index in [1.165, 1.54) is 0 Å². The van der Waals surface area contributed by atoms with Gasteiger partial charge in [0.1, 0.15) is 0 Å². The van der Waals surface area contributed by atoms with Gasteiger partial charge in [-0.1, -0.05) is 6.92 Å². The van der Waals surface area contributed by atoms with Crippen molar-refractivity contribution in [2.75, 3.05) is 0 Å². The van der Waals surface area contributed by atoms with E-state index in [1.807, 2.05) is 0 Å². The number of carbonyl (C=O) groups excluding carboxylic acids is 1. The van der Waals surface area contributed by atoms with Gasteiger partial charge in [-0.2, -0.15) is 5.57 Å². The summed E-state index contributed by atoms with van der Waals surface area (Å²) < 4.78 is 0. The van der Waals surface area contributed by atoms with Crippen molar-refractivity contribution < 1.29 is 4.79 Å². The molecule has 0 aliphatic carbocycles. The highest BCUT2D eigenvalue weighted by Gasteiger charge is 1.58. The molecular formula is C5H7O-. The van der Waals surface area contributed by atoms with Crippen LogP contribution in [0.2, 0.25) is 0 Å². The molecule has 0 heterocycles. The van der Waals surface area contributed by atoms with Crippen molar-refractivity contribution in [3.63, 3.8) is 0 Å². The van der Waals surface area contributed by atoms with Crippen molar-refractivity contribution >= 4 is 6.29 Å². The molecule has 1 nitrogen and oxygen atoms in total. The van der Waals surface area contributed by atoms with Gasteiger partial charge in [0, 0.05) is 0 Å². The Labute approximate surface area is 37.7 Å². The lowest BCUT2D eigenvalue weighted by molar-refractivity contribution is 0.561. The standard InChI is InChI=1S/C5H7O/c1-3-5(2)4-6/h3H,1-2H3/q-1/b5-3+. The van der Waals surface area contributed by atoms with Crippen LogP contribution in [0, 0.1) is 0 Å². The highest BCUT2D eigenvalue weighted by atomic mass is 16.1. The van der Waals surface area contributed by atoms with Crippen LogP contribution in [0.4, 0.5) is 0 Å². The van der Waals surface area contributed by atoms with Crippen LogP contribution in [0.3, 0.4) is 0 Å². The summed E-state index contributed by atoms with van der Waals surface area (Å²) in [7, 11) is 0. The molecule has 0 aromatic carbocycles. The van der Waals surface area contributed by atoms with Gasteiger partial charge in [-0.15, -0.1) is 6.92 Å². The number of hydrogen-bond donors (Lipinski definition) is 0. The Morgan fingerprint density at radius 1 is 1.83 bits per heavy atom. The average molecular weight is 83.1 g/mol. The molecule has 0 amide bonds. The van der Waals surface area contributed by atoms with E-state index < -0.39 is 0 Å². The smallest absolute Gasteiger partial charge is 0.0114 e. The van der Waals surface area contributed by atoms with Crippen molar-refractivity contribution in [1.82, 2.24) is 0 Å². The zero-order valence-corrected chi connectivity index (χ0v) is 3.99. The van der Waals surface area contributed by atoms with Crippen LogP contribution in [0.25, 0.3) is 0 Å². The predicted octanol–water partition coefficient (Wildman–Crippen LogP) is 1.06. The van der Waals surface area contributed by atoms with Crippen LogP contribution >= 0.6 is 0 Å². The summed E-state index contributed by atoms with van der Waals surface area (Å²) >= 11 is 0.